The fourth-order valence-electron chi connectivity index (χ4n) is 4.02. The maximum atomic E-state index is 12.7. The van der Waals surface area contributed by atoms with Gasteiger partial charge in [-0.05, 0) is 39.2 Å². The van der Waals surface area contributed by atoms with Crippen molar-refractivity contribution in [2.24, 2.45) is 5.92 Å². The summed E-state index contributed by atoms with van der Waals surface area (Å²) < 4.78 is 0. The van der Waals surface area contributed by atoms with Crippen LogP contribution in [0, 0.1) is 23.0 Å². The summed E-state index contributed by atoms with van der Waals surface area (Å²) in [5.41, 5.74) is 2.08. The lowest BCUT2D eigenvalue weighted by molar-refractivity contribution is -0.383. The minimum Gasteiger partial charge on any atom is -0.370 e. The summed E-state index contributed by atoms with van der Waals surface area (Å²) in [6, 6.07) is 7.20. The number of carbonyl (C=O) groups excluding carboxylic acids is 1. The van der Waals surface area contributed by atoms with E-state index in [1.807, 2.05) is 26.0 Å². The molecule has 3 rings (SSSR count). The number of nitrogens with one attached hydrogen (secondary N) is 1. The monoisotopic (exact) mass is 384 g/mol. The van der Waals surface area contributed by atoms with E-state index in [1.54, 1.807) is 6.07 Å². The Morgan fingerprint density at radius 3 is 2.96 bits per heavy atom. The Bertz CT molecular complexity index is 883. The number of pyridine rings is 1. The van der Waals surface area contributed by atoms with Crippen molar-refractivity contribution in [2.75, 3.05) is 18.0 Å². The average Bonchev–Trinajstić information content (AvgIpc) is 2.67. The highest BCUT2D eigenvalue weighted by molar-refractivity contribution is 5.97. The molecule has 0 radical (unpaired) electrons. The third-order valence-corrected chi connectivity index (χ3v) is 5.36. The smallest absolute Gasteiger partial charge is 0.295 e. The van der Waals surface area contributed by atoms with Crippen LogP contribution >= 0.6 is 0 Å². The first-order valence-corrected chi connectivity index (χ1v) is 10.0. The van der Waals surface area contributed by atoms with Crippen molar-refractivity contribution < 1.29 is 9.72 Å². The number of carbonyl (C=O) groups is 1. The van der Waals surface area contributed by atoms with Crippen molar-refractivity contribution in [1.82, 2.24) is 10.3 Å². The van der Waals surface area contributed by atoms with Gasteiger partial charge in [0, 0.05) is 42.0 Å². The zero-order chi connectivity index (χ0) is 20.3. The molecule has 7 heteroatoms. The second kappa shape index (κ2) is 8.54. The van der Waals surface area contributed by atoms with Crippen LogP contribution in [-0.4, -0.2) is 34.9 Å². The molecule has 2 aromatic rings. The Balaban J connectivity index is 1.89. The van der Waals surface area contributed by atoms with Crippen LogP contribution in [0.5, 0.6) is 0 Å². The Labute approximate surface area is 165 Å². The van der Waals surface area contributed by atoms with Crippen LogP contribution in [0.1, 0.15) is 45.2 Å². The standard InChI is InChI=1S/C21H28N4O3/c1-4-7-14(2)23-21(26)16-8-6-11-24(13-16)19-12-15(3)22-20-17(19)9-5-10-18(20)25(27)28/h5,9-10,12,14,16H,4,6-8,11,13H2,1-3H3,(H,23,26). The van der Waals surface area contributed by atoms with Gasteiger partial charge < -0.3 is 10.2 Å². The van der Waals surface area contributed by atoms with Crippen LogP contribution in [0.3, 0.4) is 0 Å². The molecule has 1 aliphatic heterocycles. The predicted molar refractivity (Wildman–Crippen MR) is 111 cm³/mol. The molecule has 150 valence electrons. The van der Waals surface area contributed by atoms with Crippen molar-refractivity contribution in [3.05, 3.63) is 40.1 Å². The van der Waals surface area contributed by atoms with Gasteiger partial charge in [-0.15, -0.1) is 0 Å². The van der Waals surface area contributed by atoms with E-state index >= 15 is 0 Å². The van der Waals surface area contributed by atoms with Gasteiger partial charge in [-0.1, -0.05) is 25.5 Å². The molecule has 7 nitrogen and oxygen atoms in total. The van der Waals surface area contributed by atoms with Gasteiger partial charge in [0.15, 0.2) is 5.52 Å². The van der Waals surface area contributed by atoms with Gasteiger partial charge in [0.25, 0.3) is 5.69 Å². The largest absolute Gasteiger partial charge is 0.370 e. The molecule has 1 fully saturated rings. The summed E-state index contributed by atoms with van der Waals surface area (Å²) in [6.45, 7) is 7.45. The minimum absolute atomic E-state index is 0.0159. The van der Waals surface area contributed by atoms with Crippen LogP contribution in [-0.2, 0) is 4.79 Å². The molecule has 1 amide bonds. The summed E-state index contributed by atoms with van der Waals surface area (Å²) in [4.78, 5) is 30.3. The topological polar surface area (TPSA) is 88.4 Å². The first-order chi connectivity index (χ1) is 13.4. The van der Waals surface area contributed by atoms with Crippen LogP contribution in [0.15, 0.2) is 24.3 Å². The minimum atomic E-state index is -0.389. The highest BCUT2D eigenvalue weighted by atomic mass is 16.6. The van der Waals surface area contributed by atoms with E-state index in [0.29, 0.717) is 12.1 Å². The number of para-hydroxylation sites is 1. The Morgan fingerprint density at radius 2 is 2.25 bits per heavy atom. The number of fused-ring (bicyclic) bond motifs is 1. The van der Waals surface area contributed by atoms with Crippen LogP contribution in [0.25, 0.3) is 10.9 Å². The van der Waals surface area contributed by atoms with Crippen molar-refractivity contribution >= 4 is 28.2 Å². The molecule has 1 saturated heterocycles. The number of hydrogen-bond acceptors (Lipinski definition) is 5. The van der Waals surface area contributed by atoms with Gasteiger partial charge in [-0.2, -0.15) is 0 Å². The Hall–Kier alpha value is -2.70. The van der Waals surface area contributed by atoms with E-state index in [4.69, 9.17) is 0 Å². The van der Waals surface area contributed by atoms with Crippen molar-refractivity contribution in [1.29, 1.82) is 0 Å². The molecule has 2 atom stereocenters. The lowest BCUT2D eigenvalue weighted by Crippen LogP contribution is -2.45. The van der Waals surface area contributed by atoms with Crippen molar-refractivity contribution in [2.45, 2.75) is 52.5 Å². The fourth-order valence-corrected chi connectivity index (χ4v) is 4.02. The molecule has 0 aliphatic carbocycles. The van der Waals surface area contributed by atoms with Crippen LogP contribution in [0.2, 0.25) is 0 Å². The molecular weight excluding hydrogens is 356 g/mol. The zero-order valence-corrected chi connectivity index (χ0v) is 16.8. The van der Waals surface area contributed by atoms with E-state index in [9.17, 15) is 14.9 Å². The lowest BCUT2D eigenvalue weighted by Gasteiger charge is -2.35. The number of rotatable bonds is 6. The molecule has 2 heterocycles. The first-order valence-electron chi connectivity index (χ1n) is 10.0. The molecule has 2 unspecified atom stereocenters. The van der Waals surface area contributed by atoms with Gasteiger partial charge in [-0.3, -0.25) is 14.9 Å². The molecule has 1 N–H and O–H groups in total. The molecule has 1 aromatic carbocycles. The number of aryl methyl sites for hydroxylation is 1. The second-order valence-electron chi connectivity index (χ2n) is 7.70. The van der Waals surface area contributed by atoms with Gasteiger partial charge >= 0.3 is 0 Å². The number of aromatic nitrogens is 1. The van der Waals surface area contributed by atoms with E-state index in [2.05, 4.69) is 22.1 Å². The quantitative estimate of drug-likeness (QED) is 0.601. The average molecular weight is 384 g/mol. The number of nitro benzene ring substituents is 1. The van der Waals surface area contributed by atoms with Gasteiger partial charge in [0.1, 0.15) is 0 Å². The summed E-state index contributed by atoms with van der Waals surface area (Å²) in [5, 5.41) is 15.3. The number of non-ortho nitro benzene ring substituents is 1. The van der Waals surface area contributed by atoms with Crippen LogP contribution in [0.4, 0.5) is 11.4 Å². The Kier molecular flexibility index (Phi) is 6.11. The fraction of sp³-hybridized carbons (Fsp3) is 0.524. The van der Waals surface area contributed by atoms with Crippen molar-refractivity contribution in [3.63, 3.8) is 0 Å². The predicted octanol–water partition coefficient (Wildman–Crippen LogP) is 3.97. The first kappa shape index (κ1) is 20.0. The summed E-state index contributed by atoms with van der Waals surface area (Å²) in [7, 11) is 0. The number of piperidine rings is 1. The molecular formula is C21H28N4O3. The number of nitro groups is 1. The molecule has 1 aliphatic rings. The number of hydrogen-bond donors (Lipinski definition) is 1. The Morgan fingerprint density at radius 1 is 1.46 bits per heavy atom. The highest BCUT2D eigenvalue weighted by Gasteiger charge is 2.28. The summed E-state index contributed by atoms with van der Waals surface area (Å²) >= 11 is 0. The van der Waals surface area contributed by atoms with E-state index < -0.39 is 0 Å². The van der Waals surface area contributed by atoms with Crippen molar-refractivity contribution in [3.8, 4) is 0 Å². The number of nitrogens with zero attached hydrogens (tertiary/aromatic N) is 3. The molecule has 1 aromatic heterocycles. The van der Waals surface area contributed by atoms with E-state index in [0.717, 1.165) is 49.0 Å². The van der Waals surface area contributed by atoms with Gasteiger partial charge in [0.05, 0.1) is 10.8 Å². The molecule has 0 saturated carbocycles. The number of amides is 1. The summed E-state index contributed by atoms with van der Waals surface area (Å²) in [6.07, 6.45) is 3.79. The third-order valence-electron chi connectivity index (χ3n) is 5.36. The lowest BCUT2D eigenvalue weighted by atomic mass is 9.95. The number of anilines is 1. The zero-order valence-electron chi connectivity index (χ0n) is 16.8. The normalized spacial score (nSPS) is 18.1. The molecule has 28 heavy (non-hydrogen) atoms. The highest BCUT2D eigenvalue weighted by Crippen LogP contribution is 2.34. The molecule has 0 spiro atoms. The van der Waals surface area contributed by atoms with E-state index in [1.165, 1.54) is 6.07 Å². The van der Waals surface area contributed by atoms with Gasteiger partial charge in [-0.25, -0.2) is 4.98 Å². The maximum absolute atomic E-state index is 12.7. The SMILES string of the molecule is CCCC(C)NC(=O)C1CCCN(c2cc(C)nc3c([N+](=O)[O-])cccc23)C1. The molecule has 0 bridgehead atoms. The van der Waals surface area contributed by atoms with Gasteiger partial charge in [0.2, 0.25) is 5.91 Å². The third kappa shape index (κ3) is 4.24. The van der Waals surface area contributed by atoms with Crippen LogP contribution < -0.4 is 10.2 Å². The van der Waals surface area contributed by atoms with E-state index in [-0.39, 0.29) is 28.5 Å². The maximum Gasteiger partial charge on any atom is 0.295 e. The number of benzene rings is 1. The second-order valence-corrected chi connectivity index (χ2v) is 7.70. The summed E-state index contributed by atoms with van der Waals surface area (Å²) in [5.74, 6) is 0.0296.